The van der Waals surface area contributed by atoms with Gasteiger partial charge in [-0.15, -0.1) is 0 Å². The highest BCUT2D eigenvalue weighted by molar-refractivity contribution is 6.13. The Balaban J connectivity index is 1.41. The molecule has 0 N–H and O–H groups in total. The fourth-order valence-electron chi connectivity index (χ4n) is 6.03. The van der Waals surface area contributed by atoms with Crippen molar-refractivity contribution in [2.24, 2.45) is 0 Å². The highest BCUT2D eigenvalue weighted by Crippen LogP contribution is 2.44. The molecular formula is C46H31NO. The molecule has 0 spiro atoms. The molecule has 0 saturated carbocycles. The molecule has 0 unspecified atom stereocenters. The number of rotatable bonds is 6. The molecule has 0 saturated heterocycles. The summed E-state index contributed by atoms with van der Waals surface area (Å²) in [5, 5.41) is 0.344. The predicted octanol–water partition coefficient (Wildman–Crippen LogP) is 13.2. The lowest BCUT2D eigenvalue weighted by Crippen LogP contribution is -2.10. The summed E-state index contributed by atoms with van der Waals surface area (Å²) in [4.78, 5) is 1.58. The zero-order valence-electron chi connectivity index (χ0n) is 40.1. The minimum Gasteiger partial charge on any atom is -0.456 e. The highest BCUT2D eigenvalue weighted by Gasteiger charge is 2.20. The molecule has 8 aromatic carbocycles. The van der Waals surface area contributed by atoms with E-state index in [0.29, 0.717) is 33.3 Å². The van der Waals surface area contributed by atoms with Crippen LogP contribution in [0.15, 0.2) is 192 Å². The van der Waals surface area contributed by atoms with Crippen molar-refractivity contribution in [2.75, 3.05) is 4.90 Å². The zero-order valence-corrected chi connectivity index (χ0v) is 25.1. The summed E-state index contributed by atoms with van der Waals surface area (Å²) >= 11 is 0. The normalized spacial score (nSPS) is 15.7. The third-order valence-electron chi connectivity index (χ3n) is 8.19. The molecular weight excluding hydrogens is 583 g/mol. The fraction of sp³-hybridized carbons (Fsp3) is 0. The Morgan fingerprint density at radius 3 is 1.98 bits per heavy atom. The van der Waals surface area contributed by atoms with E-state index in [-0.39, 0.29) is 5.69 Å². The third-order valence-corrected chi connectivity index (χ3v) is 8.19. The molecule has 2 heteroatoms. The molecule has 226 valence electrons. The van der Waals surface area contributed by atoms with Crippen LogP contribution in [0.4, 0.5) is 17.1 Å². The molecule has 0 aliphatic heterocycles. The van der Waals surface area contributed by atoms with Crippen molar-refractivity contribution in [3.05, 3.63) is 188 Å². The zero-order chi connectivity index (χ0) is 44.9. The van der Waals surface area contributed by atoms with Gasteiger partial charge in [0.25, 0.3) is 0 Å². The van der Waals surface area contributed by atoms with Gasteiger partial charge in [0.15, 0.2) is 0 Å². The highest BCUT2D eigenvalue weighted by atomic mass is 16.3. The Bertz CT molecular complexity index is 3350. The maximum atomic E-state index is 9.70. The van der Waals surface area contributed by atoms with E-state index in [4.69, 9.17) is 18.1 Å². The molecule has 48 heavy (non-hydrogen) atoms. The van der Waals surface area contributed by atoms with E-state index in [1.54, 1.807) is 41.3 Å². The van der Waals surface area contributed by atoms with Crippen molar-refractivity contribution in [3.63, 3.8) is 0 Å². The first-order chi connectivity index (χ1) is 30.1. The van der Waals surface area contributed by atoms with Gasteiger partial charge < -0.3 is 9.32 Å². The SMILES string of the molecule is [2H]c1c([2H])c([2H])c(-c2c(-c3c([2H])c([2H])c(N(c4ccc(-c5ccccc5)cc4)c4cccc5oc6ccccc6c45)c([2H])c3[2H])c([2H])c([2H])c3c([2H])c([2H])c([2H])c([2H])c23)c([2H])c1[2H]. The number of nitrogens with zero attached hydrogens (tertiary/aromatic N) is 1. The summed E-state index contributed by atoms with van der Waals surface area (Å²) in [6.45, 7) is 0. The maximum absolute atomic E-state index is 9.70. The van der Waals surface area contributed by atoms with E-state index >= 15 is 0 Å². The molecule has 0 amide bonds. The quantitative estimate of drug-likeness (QED) is 0.182. The standard InChI is InChI=1S/C46H31NO/c1-3-12-32(13-4-1)33-22-27-37(28-23-33)47(42-19-11-21-44-46(42)41-18-9-10-20-43(41)48-44)38-29-24-35(25-30-38)40-31-26-34-14-7-8-17-39(34)45(40)36-15-5-2-6-16-36/h1-31H/i2D,5D,6D,7D,8D,14D,15D,16D,17D,24D,25D,26D,29D,30D,31D. The Hall–Kier alpha value is -6.38. The van der Waals surface area contributed by atoms with Crippen LogP contribution in [0, 0.1) is 0 Å². The summed E-state index contributed by atoms with van der Waals surface area (Å²) in [7, 11) is 0. The van der Waals surface area contributed by atoms with E-state index < -0.39 is 124 Å². The molecule has 9 aromatic rings. The van der Waals surface area contributed by atoms with Crippen LogP contribution in [0.2, 0.25) is 0 Å². The van der Waals surface area contributed by atoms with Crippen molar-refractivity contribution in [1.29, 1.82) is 0 Å². The van der Waals surface area contributed by atoms with Gasteiger partial charge >= 0.3 is 0 Å². The van der Waals surface area contributed by atoms with Gasteiger partial charge in [0.05, 0.1) is 31.6 Å². The first-order valence-corrected chi connectivity index (χ1v) is 15.1. The van der Waals surface area contributed by atoms with Crippen molar-refractivity contribution >= 4 is 49.8 Å². The van der Waals surface area contributed by atoms with E-state index in [2.05, 4.69) is 0 Å². The molecule has 1 heterocycles. The molecule has 0 radical (unpaired) electrons. The monoisotopic (exact) mass is 628 g/mol. The van der Waals surface area contributed by atoms with E-state index in [1.807, 2.05) is 60.7 Å². The van der Waals surface area contributed by atoms with Crippen LogP contribution in [0.5, 0.6) is 0 Å². The molecule has 0 fully saturated rings. The van der Waals surface area contributed by atoms with Gasteiger partial charge in [0.2, 0.25) is 0 Å². The first kappa shape index (κ1) is 16.4. The Morgan fingerprint density at radius 1 is 0.438 bits per heavy atom. The Morgan fingerprint density at radius 2 is 1.15 bits per heavy atom. The van der Waals surface area contributed by atoms with Crippen molar-refractivity contribution in [2.45, 2.75) is 0 Å². The lowest BCUT2D eigenvalue weighted by atomic mass is 9.90. The van der Waals surface area contributed by atoms with E-state index in [9.17, 15) is 6.85 Å². The lowest BCUT2D eigenvalue weighted by molar-refractivity contribution is 0.669. The molecule has 0 atom stereocenters. The number of para-hydroxylation sites is 1. The second kappa shape index (κ2) is 11.8. The third kappa shape index (κ3) is 4.83. The van der Waals surface area contributed by atoms with Gasteiger partial charge in [-0.1, -0.05) is 145 Å². The fourth-order valence-corrected chi connectivity index (χ4v) is 6.03. The van der Waals surface area contributed by atoms with Crippen LogP contribution in [0.3, 0.4) is 0 Å². The topological polar surface area (TPSA) is 16.4 Å². The predicted molar refractivity (Wildman–Crippen MR) is 202 cm³/mol. The van der Waals surface area contributed by atoms with Crippen LogP contribution in [-0.2, 0) is 0 Å². The van der Waals surface area contributed by atoms with Gasteiger partial charge in [-0.3, -0.25) is 0 Å². The summed E-state index contributed by atoms with van der Waals surface area (Å²) in [6, 6.07) is 18.2. The summed E-state index contributed by atoms with van der Waals surface area (Å²) in [5.41, 5.74) is 1.19. The van der Waals surface area contributed by atoms with Crippen LogP contribution >= 0.6 is 0 Å². The molecule has 2 nitrogen and oxygen atoms in total. The van der Waals surface area contributed by atoms with Gasteiger partial charge in [-0.2, -0.15) is 0 Å². The number of furan rings is 1. The largest absolute Gasteiger partial charge is 0.456 e. The van der Waals surface area contributed by atoms with Crippen molar-refractivity contribution in [3.8, 4) is 33.4 Å². The number of benzene rings is 8. The Labute approximate surface area is 300 Å². The van der Waals surface area contributed by atoms with Crippen LogP contribution in [-0.4, -0.2) is 0 Å². The maximum Gasteiger partial charge on any atom is 0.137 e. The number of anilines is 3. The first-order valence-electron chi connectivity index (χ1n) is 22.6. The van der Waals surface area contributed by atoms with Gasteiger partial charge in [0, 0.05) is 16.8 Å². The number of hydrogen-bond donors (Lipinski definition) is 0. The molecule has 9 rings (SSSR count). The smallest absolute Gasteiger partial charge is 0.137 e. The van der Waals surface area contributed by atoms with E-state index in [1.165, 1.54) is 0 Å². The summed E-state index contributed by atoms with van der Waals surface area (Å²) in [5.74, 6) is 0. The van der Waals surface area contributed by atoms with E-state index in [0.717, 1.165) is 11.1 Å². The van der Waals surface area contributed by atoms with Gasteiger partial charge in [-0.05, 0) is 86.6 Å². The summed E-state index contributed by atoms with van der Waals surface area (Å²) in [6.07, 6.45) is 0. The van der Waals surface area contributed by atoms with Gasteiger partial charge in [0.1, 0.15) is 11.2 Å². The Kier molecular flexibility index (Phi) is 4.03. The number of fused-ring (bicyclic) bond motifs is 4. The average molecular weight is 629 g/mol. The molecule has 0 aliphatic carbocycles. The second-order valence-corrected chi connectivity index (χ2v) is 11.0. The van der Waals surface area contributed by atoms with Crippen molar-refractivity contribution in [1.82, 2.24) is 0 Å². The molecule has 1 aromatic heterocycles. The summed E-state index contributed by atoms with van der Waals surface area (Å²) < 4.78 is 141. The molecule has 0 aliphatic rings. The van der Waals surface area contributed by atoms with Crippen LogP contribution in [0.1, 0.15) is 20.6 Å². The van der Waals surface area contributed by atoms with Gasteiger partial charge in [-0.25, -0.2) is 0 Å². The van der Waals surface area contributed by atoms with Crippen LogP contribution < -0.4 is 4.90 Å². The minimum absolute atomic E-state index is 0.219. The number of hydrogen-bond acceptors (Lipinski definition) is 2. The van der Waals surface area contributed by atoms with Crippen LogP contribution in [0.25, 0.3) is 66.1 Å². The lowest BCUT2D eigenvalue weighted by Gasteiger charge is -2.27. The van der Waals surface area contributed by atoms with Crippen molar-refractivity contribution < 1.29 is 25.0 Å². The molecule has 0 bridgehead atoms. The second-order valence-electron chi connectivity index (χ2n) is 11.0. The minimum atomic E-state index is -0.814. The average Bonchev–Trinajstić information content (AvgIpc) is 3.68.